The Morgan fingerprint density at radius 1 is 1.31 bits per heavy atom. The van der Waals surface area contributed by atoms with E-state index in [4.69, 9.17) is 0 Å². The Labute approximate surface area is 102 Å². The summed E-state index contributed by atoms with van der Waals surface area (Å²) in [6.45, 7) is 1.97. The van der Waals surface area contributed by atoms with Crippen LogP contribution < -0.4 is 5.56 Å². The Morgan fingerprint density at radius 2 is 2.00 bits per heavy atom. The van der Waals surface area contributed by atoms with E-state index < -0.39 is 0 Å². The lowest BCUT2D eigenvalue weighted by atomic mass is 10.2. The molecule has 0 unspecified atom stereocenters. The SMILES string of the molecule is CCc1nc(-c2ccccc2)[nH]c(=O)c1Br. The second kappa shape index (κ2) is 4.61. The van der Waals surface area contributed by atoms with Gasteiger partial charge in [0.15, 0.2) is 0 Å². The molecule has 0 aliphatic carbocycles. The highest BCUT2D eigenvalue weighted by molar-refractivity contribution is 9.10. The van der Waals surface area contributed by atoms with Gasteiger partial charge >= 0.3 is 0 Å². The van der Waals surface area contributed by atoms with E-state index in [-0.39, 0.29) is 5.56 Å². The van der Waals surface area contributed by atoms with Crippen LogP contribution in [0.4, 0.5) is 0 Å². The van der Waals surface area contributed by atoms with Crippen LogP contribution in [0.25, 0.3) is 11.4 Å². The number of rotatable bonds is 2. The van der Waals surface area contributed by atoms with Crippen molar-refractivity contribution in [1.82, 2.24) is 9.97 Å². The summed E-state index contributed by atoms with van der Waals surface area (Å²) in [6, 6.07) is 9.62. The quantitative estimate of drug-likeness (QED) is 0.918. The molecular formula is C12H11BrN2O. The highest BCUT2D eigenvalue weighted by atomic mass is 79.9. The third-order valence-corrected chi connectivity index (χ3v) is 3.13. The molecule has 0 radical (unpaired) electrons. The van der Waals surface area contributed by atoms with Gasteiger partial charge in [-0.15, -0.1) is 0 Å². The van der Waals surface area contributed by atoms with Crippen LogP contribution in [0.15, 0.2) is 39.6 Å². The molecule has 0 saturated carbocycles. The van der Waals surface area contributed by atoms with Gasteiger partial charge in [0.25, 0.3) is 5.56 Å². The number of aromatic amines is 1. The predicted molar refractivity (Wildman–Crippen MR) is 67.4 cm³/mol. The molecule has 1 N–H and O–H groups in total. The zero-order chi connectivity index (χ0) is 11.5. The fourth-order valence-electron chi connectivity index (χ4n) is 1.47. The monoisotopic (exact) mass is 278 g/mol. The van der Waals surface area contributed by atoms with E-state index in [1.165, 1.54) is 0 Å². The number of nitrogens with zero attached hydrogens (tertiary/aromatic N) is 1. The fraction of sp³-hybridized carbons (Fsp3) is 0.167. The molecule has 0 fully saturated rings. The van der Waals surface area contributed by atoms with Crippen LogP contribution in [0.3, 0.4) is 0 Å². The molecule has 0 saturated heterocycles. The van der Waals surface area contributed by atoms with Crippen molar-refractivity contribution in [2.24, 2.45) is 0 Å². The maximum atomic E-state index is 11.7. The number of nitrogens with one attached hydrogen (secondary N) is 1. The number of aromatic nitrogens is 2. The van der Waals surface area contributed by atoms with Crippen molar-refractivity contribution < 1.29 is 0 Å². The van der Waals surface area contributed by atoms with Crippen molar-refractivity contribution >= 4 is 15.9 Å². The van der Waals surface area contributed by atoms with E-state index in [0.717, 1.165) is 17.7 Å². The molecule has 0 atom stereocenters. The van der Waals surface area contributed by atoms with Crippen LogP contribution in [0.2, 0.25) is 0 Å². The van der Waals surface area contributed by atoms with Crippen molar-refractivity contribution in [3.63, 3.8) is 0 Å². The number of hydrogen-bond donors (Lipinski definition) is 1. The normalized spacial score (nSPS) is 10.4. The van der Waals surface area contributed by atoms with Gasteiger partial charge in [0, 0.05) is 5.56 Å². The molecule has 2 rings (SSSR count). The molecule has 0 aliphatic heterocycles. The molecule has 82 valence electrons. The van der Waals surface area contributed by atoms with Crippen molar-refractivity contribution in [2.45, 2.75) is 13.3 Å². The van der Waals surface area contributed by atoms with Gasteiger partial charge in [-0.25, -0.2) is 4.98 Å². The van der Waals surface area contributed by atoms with Crippen LogP contribution in [-0.4, -0.2) is 9.97 Å². The molecule has 1 heterocycles. The molecule has 0 bridgehead atoms. The Kier molecular flexibility index (Phi) is 3.19. The molecule has 4 heteroatoms. The highest BCUT2D eigenvalue weighted by Gasteiger charge is 2.08. The van der Waals surface area contributed by atoms with Gasteiger partial charge < -0.3 is 4.98 Å². The number of H-pyrrole nitrogens is 1. The second-order valence-electron chi connectivity index (χ2n) is 3.39. The van der Waals surface area contributed by atoms with Crippen LogP contribution >= 0.6 is 15.9 Å². The average Bonchev–Trinajstić information content (AvgIpc) is 2.33. The molecule has 0 aliphatic rings. The first-order valence-electron chi connectivity index (χ1n) is 5.06. The summed E-state index contributed by atoms with van der Waals surface area (Å²) in [5.41, 5.74) is 1.56. The second-order valence-corrected chi connectivity index (χ2v) is 4.19. The Bertz CT molecular complexity index is 549. The van der Waals surface area contributed by atoms with Crippen LogP contribution in [-0.2, 0) is 6.42 Å². The van der Waals surface area contributed by atoms with E-state index in [9.17, 15) is 4.79 Å². The summed E-state index contributed by atoms with van der Waals surface area (Å²) in [7, 11) is 0. The van der Waals surface area contributed by atoms with E-state index in [1.54, 1.807) is 0 Å². The molecule has 16 heavy (non-hydrogen) atoms. The lowest BCUT2D eigenvalue weighted by molar-refractivity contribution is 0.970. The minimum absolute atomic E-state index is 0.134. The number of hydrogen-bond acceptors (Lipinski definition) is 2. The highest BCUT2D eigenvalue weighted by Crippen LogP contribution is 2.16. The number of aryl methyl sites for hydroxylation is 1. The van der Waals surface area contributed by atoms with Gasteiger partial charge in [0.05, 0.1) is 5.69 Å². The van der Waals surface area contributed by atoms with Crippen molar-refractivity contribution in [3.8, 4) is 11.4 Å². The summed E-state index contributed by atoms with van der Waals surface area (Å²) >= 11 is 3.24. The van der Waals surface area contributed by atoms with E-state index in [0.29, 0.717) is 10.3 Å². The largest absolute Gasteiger partial charge is 0.306 e. The first-order chi connectivity index (χ1) is 7.72. The molecule has 0 amide bonds. The predicted octanol–water partition coefficient (Wildman–Crippen LogP) is 2.76. The minimum atomic E-state index is -0.134. The number of halogens is 1. The Morgan fingerprint density at radius 3 is 2.62 bits per heavy atom. The summed E-state index contributed by atoms with van der Waals surface area (Å²) in [4.78, 5) is 18.8. The van der Waals surface area contributed by atoms with Gasteiger partial charge in [-0.3, -0.25) is 4.79 Å². The standard InChI is InChI=1S/C12H11BrN2O/c1-2-9-10(13)12(16)15-11(14-9)8-6-4-3-5-7-8/h3-7H,2H2,1H3,(H,14,15,16). The fourth-order valence-corrected chi connectivity index (χ4v) is 1.94. The zero-order valence-electron chi connectivity index (χ0n) is 8.83. The molecule has 1 aromatic carbocycles. The van der Waals surface area contributed by atoms with Crippen LogP contribution in [0.5, 0.6) is 0 Å². The number of benzene rings is 1. The third-order valence-electron chi connectivity index (χ3n) is 2.31. The van der Waals surface area contributed by atoms with Gasteiger partial charge in [-0.2, -0.15) is 0 Å². The Balaban J connectivity index is 2.60. The van der Waals surface area contributed by atoms with Crippen molar-refractivity contribution in [3.05, 3.63) is 50.9 Å². The lowest BCUT2D eigenvalue weighted by Gasteiger charge is -2.04. The van der Waals surface area contributed by atoms with Crippen LogP contribution in [0.1, 0.15) is 12.6 Å². The van der Waals surface area contributed by atoms with E-state index in [2.05, 4.69) is 25.9 Å². The van der Waals surface area contributed by atoms with Crippen molar-refractivity contribution in [2.75, 3.05) is 0 Å². The van der Waals surface area contributed by atoms with E-state index >= 15 is 0 Å². The smallest absolute Gasteiger partial charge is 0.265 e. The molecule has 0 spiro atoms. The first kappa shape index (κ1) is 11.1. The van der Waals surface area contributed by atoms with Crippen LogP contribution in [0, 0.1) is 0 Å². The lowest BCUT2D eigenvalue weighted by Crippen LogP contribution is -2.13. The maximum Gasteiger partial charge on any atom is 0.265 e. The van der Waals surface area contributed by atoms with Gasteiger partial charge in [0.2, 0.25) is 0 Å². The maximum absolute atomic E-state index is 11.7. The molecule has 2 aromatic rings. The first-order valence-corrected chi connectivity index (χ1v) is 5.85. The van der Waals surface area contributed by atoms with E-state index in [1.807, 2.05) is 37.3 Å². The molecular weight excluding hydrogens is 268 g/mol. The topological polar surface area (TPSA) is 45.8 Å². The Hall–Kier alpha value is -1.42. The summed E-state index contributed by atoms with van der Waals surface area (Å²) < 4.78 is 0.523. The summed E-state index contributed by atoms with van der Waals surface area (Å²) in [6.07, 6.45) is 0.727. The van der Waals surface area contributed by atoms with Crippen molar-refractivity contribution in [1.29, 1.82) is 0 Å². The average molecular weight is 279 g/mol. The summed E-state index contributed by atoms with van der Waals surface area (Å²) in [5, 5.41) is 0. The van der Waals surface area contributed by atoms with Gasteiger partial charge in [0.1, 0.15) is 10.3 Å². The molecule has 1 aromatic heterocycles. The third kappa shape index (κ3) is 2.07. The zero-order valence-corrected chi connectivity index (χ0v) is 10.4. The minimum Gasteiger partial charge on any atom is -0.306 e. The molecule has 3 nitrogen and oxygen atoms in total. The van der Waals surface area contributed by atoms with Gasteiger partial charge in [-0.05, 0) is 22.4 Å². The summed E-state index contributed by atoms with van der Waals surface area (Å²) in [5.74, 6) is 0.616. The van der Waals surface area contributed by atoms with Gasteiger partial charge in [-0.1, -0.05) is 37.3 Å².